The van der Waals surface area contributed by atoms with Gasteiger partial charge in [-0.15, -0.1) is 0 Å². The number of amides is 1. The first-order chi connectivity index (χ1) is 4.06. The lowest BCUT2D eigenvalue weighted by molar-refractivity contribution is -0.121. The summed E-state index contributed by atoms with van der Waals surface area (Å²) in [6.45, 7) is 1.44. The topological polar surface area (TPSA) is 63.3 Å². The van der Waals surface area contributed by atoms with Crippen molar-refractivity contribution in [2.75, 3.05) is 6.61 Å². The van der Waals surface area contributed by atoms with E-state index in [0.717, 1.165) is 0 Å². The highest BCUT2D eigenvalue weighted by atomic mass is 32.1. The molecule has 0 aliphatic rings. The zero-order valence-electron chi connectivity index (χ0n) is 5.29. The number of carbonyl (C=O) groups is 1. The van der Waals surface area contributed by atoms with Crippen molar-refractivity contribution in [2.24, 2.45) is 5.73 Å². The van der Waals surface area contributed by atoms with Crippen molar-refractivity contribution in [2.45, 2.75) is 18.1 Å². The molecule has 9 heavy (non-hydrogen) atoms. The molecule has 0 saturated carbocycles. The normalized spacial score (nSPS) is 16.8. The molecule has 4 heteroatoms. The van der Waals surface area contributed by atoms with Crippen LogP contribution in [0.15, 0.2) is 0 Å². The molecule has 3 nitrogen and oxygen atoms in total. The summed E-state index contributed by atoms with van der Waals surface area (Å²) in [4.78, 5) is 10.5. The zero-order chi connectivity index (χ0) is 7.49. The van der Waals surface area contributed by atoms with Crippen LogP contribution in [0.4, 0.5) is 0 Å². The monoisotopic (exact) mass is 149 g/mol. The number of aliphatic hydroxyl groups excluding tert-OH is 1. The smallest absolute Gasteiger partial charge is 0.235 e. The Bertz CT molecular complexity index is 112. The minimum Gasteiger partial charge on any atom is -0.394 e. The number of hydrogen-bond acceptors (Lipinski definition) is 3. The van der Waals surface area contributed by atoms with Crippen molar-refractivity contribution in [1.29, 1.82) is 0 Å². The van der Waals surface area contributed by atoms with Crippen LogP contribution < -0.4 is 5.73 Å². The van der Waals surface area contributed by atoms with Crippen molar-refractivity contribution in [1.82, 2.24) is 0 Å². The Hall–Kier alpha value is -0.220. The number of nitrogens with two attached hydrogens (primary N) is 1. The van der Waals surface area contributed by atoms with Crippen molar-refractivity contribution in [3.8, 4) is 0 Å². The Kier molecular flexibility index (Phi) is 3.00. The van der Waals surface area contributed by atoms with Crippen LogP contribution in [0.1, 0.15) is 13.3 Å². The van der Waals surface area contributed by atoms with E-state index >= 15 is 0 Å². The van der Waals surface area contributed by atoms with E-state index in [2.05, 4.69) is 12.6 Å². The first-order valence-corrected chi connectivity index (χ1v) is 3.14. The molecule has 1 amide bonds. The molecule has 0 aromatic rings. The van der Waals surface area contributed by atoms with E-state index in [1.807, 2.05) is 0 Å². The third kappa shape index (κ3) is 1.87. The van der Waals surface area contributed by atoms with Gasteiger partial charge in [0.1, 0.15) is 4.75 Å². The second kappa shape index (κ2) is 3.08. The van der Waals surface area contributed by atoms with Crippen LogP contribution in [0.25, 0.3) is 0 Å². The van der Waals surface area contributed by atoms with Crippen molar-refractivity contribution in [3.63, 3.8) is 0 Å². The summed E-state index contributed by atoms with van der Waals surface area (Å²) in [6, 6.07) is 0. The number of rotatable bonds is 3. The lowest BCUT2D eigenvalue weighted by Crippen LogP contribution is -2.41. The van der Waals surface area contributed by atoms with Crippen LogP contribution in [-0.2, 0) is 4.79 Å². The van der Waals surface area contributed by atoms with Gasteiger partial charge in [-0.2, -0.15) is 12.6 Å². The van der Waals surface area contributed by atoms with Gasteiger partial charge in [0, 0.05) is 0 Å². The maximum atomic E-state index is 10.5. The summed E-state index contributed by atoms with van der Waals surface area (Å²) < 4.78 is -1.03. The zero-order valence-corrected chi connectivity index (χ0v) is 6.19. The minimum absolute atomic E-state index is 0.304. The van der Waals surface area contributed by atoms with Gasteiger partial charge >= 0.3 is 0 Å². The van der Waals surface area contributed by atoms with Crippen LogP contribution in [0.5, 0.6) is 0 Å². The van der Waals surface area contributed by atoms with Crippen molar-refractivity contribution < 1.29 is 9.90 Å². The number of hydrogen-bond donors (Lipinski definition) is 3. The Morgan fingerprint density at radius 1 is 1.89 bits per heavy atom. The van der Waals surface area contributed by atoms with Crippen LogP contribution in [0, 0.1) is 0 Å². The van der Waals surface area contributed by atoms with Crippen molar-refractivity contribution in [3.05, 3.63) is 0 Å². The maximum absolute atomic E-state index is 10.5. The molecule has 1 atom stereocenters. The molecule has 0 radical (unpaired) electrons. The second-order valence-corrected chi connectivity index (χ2v) is 2.76. The fourth-order valence-corrected chi connectivity index (χ4v) is 0.364. The lowest BCUT2D eigenvalue weighted by Gasteiger charge is -2.18. The van der Waals surface area contributed by atoms with E-state index in [0.29, 0.717) is 6.42 Å². The number of aliphatic hydroxyl groups is 1. The highest BCUT2D eigenvalue weighted by molar-refractivity contribution is 7.82. The van der Waals surface area contributed by atoms with Gasteiger partial charge in [-0.1, -0.05) is 6.92 Å². The first kappa shape index (κ1) is 8.78. The molecule has 0 aliphatic carbocycles. The van der Waals surface area contributed by atoms with E-state index in [1.165, 1.54) is 0 Å². The minimum atomic E-state index is -1.03. The number of thiol groups is 1. The summed E-state index contributed by atoms with van der Waals surface area (Å²) in [6.07, 6.45) is 0.446. The first-order valence-electron chi connectivity index (χ1n) is 2.70. The second-order valence-electron chi connectivity index (χ2n) is 1.91. The van der Waals surface area contributed by atoms with Gasteiger partial charge in [0.2, 0.25) is 5.91 Å². The summed E-state index contributed by atoms with van der Waals surface area (Å²) in [5.41, 5.74) is 4.92. The Morgan fingerprint density at radius 2 is 2.33 bits per heavy atom. The third-order valence-corrected chi connectivity index (χ3v) is 1.98. The molecular weight excluding hydrogens is 138 g/mol. The quantitative estimate of drug-likeness (QED) is 0.476. The van der Waals surface area contributed by atoms with Crippen LogP contribution in [0.3, 0.4) is 0 Å². The summed E-state index contributed by atoms with van der Waals surface area (Å²) >= 11 is 3.89. The predicted octanol–water partition coefficient (Wildman–Crippen LogP) is -0.457. The van der Waals surface area contributed by atoms with Gasteiger partial charge < -0.3 is 10.8 Å². The predicted molar refractivity (Wildman–Crippen MR) is 38.3 cm³/mol. The van der Waals surface area contributed by atoms with Crippen molar-refractivity contribution >= 4 is 18.5 Å². The lowest BCUT2D eigenvalue weighted by atomic mass is 10.1. The third-order valence-electron chi connectivity index (χ3n) is 1.31. The molecule has 3 N–H and O–H groups in total. The van der Waals surface area contributed by atoms with Gasteiger partial charge in [0.25, 0.3) is 0 Å². The molecule has 0 aromatic heterocycles. The molecule has 1 unspecified atom stereocenters. The van der Waals surface area contributed by atoms with Gasteiger partial charge in [-0.3, -0.25) is 4.79 Å². The SMILES string of the molecule is CCC(S)(CO)C(N)=O. The molecular formula is C5H11NO2S. The molecule has 0 spiro atoms. The summed E-state index contributed by atoms with van der Waals surface area (Å²) in [5, 5.41) is 8.58. The van der Waals surface area contributed by atoms with Gasteiger partial charge in [-0.05, 0) is 6.42 Å². The molecule has 0 fully saturated rings. The number of primary amides is 1. The van der Waals surface area contributed by atoms with E-state index in [9.17, 15) is 4.79 Å². The molecule has 0 aromatic carbocycles. The Balaban J connectivity index is 4.09. The fourth-order valence-electron chi connectivity index (χ4n) is 0.364. The molecule has 0 bridgehead atoms. The summed E-state index contributed by atoms with van der Waals surface area (Å²) in [5.74, 6) is -0.573. The van der Waals surface area contributed by atoms with Gasteiger partial charge in [-0.25, -0.2) is 0 Å². The highest BCUT2D eigenvalue weighted by Crippen LogP contribution is 2.16. The van der Waals surface area contributed by atoms with E-state index in [-0.39, 0.29) is 6.61 Å². The average Bonchev–Trinajstić information content (AvgIpc) is 1.86. The largest absolute Gasteiger partial charge is 0.394 e. The fraction of sp³-hybridized carbons (Fsp3) is 0.800. The standard InChI is InChI=1S/C5H11NO2S/c1-2-5(9,3-7)4(6)8/h7,9H,2-3H2,1H3,(H2,6,8). The van der Waals surface area contributed by atoms with E-state index in [4.69, 9.17) is 10.8 Å². The molecule has 0 saturated heterocycles. The molecule has 0 rings (SSSR count). The van der Waals surface area contributed by atoms with E-state index < -0.39 is 10.7 Å². The Morgan fingerprint density at radius 3 is 2.33 bits per heavy atom. The Labute approximate surface area is 59.6 Å². The van der Waals surface area contributed by atoms with Gasteiger partial charge in [0.15, 0.2) is 0 Å². The van der Waals surface area contributed by atoms with Crippen LogP contribution in [-0.4, -0.2) is 22.4 Å². The highest BCUT2D eigenvalue weighted by Gasteiger charge is 2.28. The van der Waals surface area contributed by atoms with Gasteiger partial charge in [0.05, 0.1) is 6.61 Å². The molecule has 0 heterocycles. The molecule has 0 aliphatic heterocycles. The van der Waals surface area contributed by atoms with Crippen LogP contribution in [0.2, 0.25) is 0 Å². The van der Waals surface area contributed by atoms with Crippen LogP contribution >= 0.6 is 12.6 Å². The average molecular weight is 149 g/mol. The maximum Gasteiger partial charge on any atom is 0.235 e. The summed E-state index contributed by atoms with van der Waals surface area (Å²) in [7, 11) is 0. The molecule has 54 valence electrons. The number of carbonyl (C=O) groups excluding carboxylic acids is 1. The van der Waals surface area contributed by atoms with E-state index in [1.54, 1.807) is 6.92 Å².